The molecule has 0 aliphatic heterocycles. The van der Waals surface area contributed by atoms with Crippen LogP contribution in [0.5, 0.6) is 0 Å². The number of nitrogens with zero attached hydrogens (tertiary/aromatic N) is 2. The molecule has 126 valence electrons. The molecule has 4 nitrogen and oxygen atoms in total. The average molecular weight is 444 g/mol. The monoisotopic (exact) mass is 444 g/mol. The van der Waals surface area contributed by atoms with Gasteiger partial charge in [-0.05, 0) is 26.3 Å². The van der Waals surface area contributed by atoms with Crippen molar-refractivity contribution in [1.82, 2.24) is 15.6 Å². The third kappa shape index (κ3) is 7.30. The van der Waals surface area contributed by atoms with Gasteiger partial charge in [0.25, 0.3) is 0 Å². The van der Waals surface area contributed by atoms with Crippen molar-refractivity contribution in [1.29, 1.82) is 0 Å². The van der Waals surface area contributed by atoms with Gasteiger partial charge in [0.05, 0.1) is 11.6 Å². The zero-order valence-electron chi connectivity index (χ0n) is 13.9. The van der Waals surface area contributed by atoms with E-state index in [4.69, 9.17) is 0 Å². The van der Waals surface area contributed by atoms with E-state index in [-0.39, 0.29) is 24.0 Å². The summed E-state index contributed by atoms with van der Waals surface area (Å²) in [5, 5.41) is 7.82. The van der Waals surface area contributed by atoms with Gasteiger partial charge in [-0.25, -0.2) is 9.98 Å². The largest absolute Gasteiger partial charge is 0.357 e. The van der Waals surface area contributed by atoms with Crippen LogP contribution in [0, 0.1) is 13.8 Å². The van der Waals surface area contributed by atoms with Crippen molar-refractivity contribution in [2.75, 3.05) is 13.1 Å². The number of nitrogens with one attached hydrogen (secondary N) is 2. The Morgan fingerprint density at radius 3 is 2.74 bits per heavy atom. The smallest absolute Gasteiger partial charge is 0.191 e. The van der Waals surface area contributed by atoms with E-state index in [2.05, 4.69) is 65.6 Å². The first-order valence-electron chi connectivity index (χ1n) is 7.66. The summed E-state index contributed by atoms with van der Waals surface area (Å²) in [4.78, 5) is 10.3. The number of aromatic nitrogens is 1. The summed E-state index contributed by atoms with van der Waals surface area (Å²) in [6, 6.07) is 8.46. The van der Waals surface area contributed by atoms with Crippen LogP contribution in [0.25, 0.3) is 0 Å². The van der Waals surface area contributed by atoms with Crippen LogP contribution >= 0.6 is 35.3 Å². The first-order valence-corrected chi connectivity index (χ1v) is 8.48. The van der Waals surface area contributed by atoms with Crippen LogP contribution in [-0.4, -0.2) is 24.0 Å². The molecule has 0 bridgehead atoms. The molecule has 1 aromatic carbocycles. The van der Waals surface area contributed by atoms with Crippen LogP contribution in [0.2, 0.25) is 0 Å². The Bertz CT molecular complexity index is 625. The first-order chi connectivity index (χ1) is 10.7. The summed E-state index contributed by atoms with van der Waals surface area (Å²) in [5.74, 6) is 0.859. The van der Waals surface area contributed by atoms with Gasteiger partial charge >= 0.3 is 0 Å². The van der Waals surface area contributed by atoms with Crippen molar-refractivity contribution in [2.45, 2.75) is 33.7 Å². The van der Waals surface area contributed by atoms with Crippen molar-refractivity contribution in [3.8, 4) is 0 Å². The first kappa shape index (κ1) is 19.9. The van der Waals surface area contributed by atoms with Crippen LogP contribution in [0.15, 0.2) is 35.5 Å². The molecule has 2 aromatic rings. The van der Waals surface area contributed by atoms with Crippen molar-refractivity contribution in [2.24, 2.45) is 4.99 Å². The number of aliphatic imine (C=N–C) groups is 1. The predicted molar refractivity (Wildman–Crippen MR) is 110 cm³/mol. The predicted octanol–water partition coefficient (Wildman–Crippen LogP) is 3.68. The highest BCUT2D eigenvalue weighted by Gasteiger charge is 2.01. The molecule has 6 heteroatoms. The molecule has 1 aromatic heterocycles. The molecule has 0 aliphatic carbocycles. The number of thiazole rings is 1. The lowest BCUT2D eigenvalue weighted by Crippen LogP contribution is -2.38. The summed E-state index contributed by atoms with van der Waals surface area (Å²) in [6.45, 7) is 8.65. The van der Waals surface area contributed by atoms with Crippen molar-refractivity contribution < 1.29 is 0 Å². The topological polar surface area (TPSA) is 49.3 Å². The highest BCUT2D eigenvalue weighted by Crippen LogP contribution is 2.11. The van der Waals surface area contributed by atoms with Gasteiger partial charge in [0.2, 0.25) is 0 Å². The molecule has 2 rings (SSSR count). The summed E-state index contributed by atoms with van der Waals surface area (Å²) in [6.07, 6.45) is 2.85. The molecule has 0 atom stereocenters. The highest BCUT2D eigenvalue weighted by atomic mass is 127. The minimum absolute atomic E-state index is 0. The Kier molecular flexibility index (Phi) is 9.16. The Labute approximate surface area is 159 Å². The van der Waals surface area contributed by atoms with E-state index in [0.29, 0.717) is 6.54 Å². The summed E-state index contributed by atoms with van der Waals surface area (Å²) < 4.78 is 0. The molecule has 0 aliphatic rings. The third-order valence-corrected chi connectivity index (χ3v) is 4.12. The number of benzene rings is 1. The van der Waals surface area contributed by atoms with E-state index in [1.807, 2.05) is 6.20 Å². The minimum Gasteiger partial charge on any atom is -0.357 e. The third-order valence-electron chi connectivity index (χ3n) is 3.15. The molecule has 0 amide bonds. The second kappa shape index (κ2) is 10.6. The Balaban J connectivity index is 0.00000264. The molecular weight excluding hydrogens is 419 g/mol. The molecule has 0 unspecified atom stereocenters. The lowest BCUT2D eigenvalue weighted by Gasteiger charge is -2.10. The number of hydrogen-bond donors (Lipinski definition) is 2. The molecule has 0 fully saturated rings. The lowest BCUT2D eigenvalue weighted by atomic mass is 10.1. The standard InChI is InChI=1S/C17H24N4S.HI/c1-4-18-17(19-9-8-16-20-11-14(3)22-16)21-12-15-7-5-6-13(2)10-15;/h5-7,10-11H,4,8-9,12H2,1-3H3,(H2,18,19,21);1H. The van der Waals surface area contributed by atoms with Gasteiger partial charge in [0.15, 0.2) is 5.96 Å². The molecular formula is C17H25IN4S. The van der Waals surface area contributed by atoms with Crippen LogP contribution in [0.1, 0.15) is 27.9 Å². The number of rotatable bonds is 6. The Morgan fingerprint density at radius 1 is 1.26 bits per heavy atom. The second-order valence-corrected chi connectivity index (χ2v) is 6.54. The Morgan fingerprint density at radius 2 is 2.09 bits per heavy atom. The van der Waals surface area contributed by atoms with Gasteiger partial charge in [0, 0.05) is 30.6 Å². The minimum atomic E-state index is 0. The van der Waals surface area contributed by atoms with E-state index >= 15 is 0 Å². The summed E-state index contributed by atoms with van der Waals surface area (Å²) in [5.41, 5.74) is 2.50. The van der Waals surface area contributed by atoms with Crippen LogP contribution in [0.3, 0.4) is 0 Å². The maximum Gasteiger partial charge on any atom is 0.191 e. The highest BCUT2D eigenvalue weighted by molar-refractivity contribution is 14.0. The van der Waals surface area contributed by atoms with Crippen molar-refractivity contribution in [3.63, 3.8) is 0 Å². The zero-order valence-corrected chi connectivity index (χ0v) is 17.1. The van der Waals surface area contributed by atoms with E-state index < -0.39 is 0 Å². The number of hydrogen-bond acceptors (Lipinski definition) is 3. The van der Waals surface area contributed by atoms with Crippen molar-refractivity contribution in [3.05, 3.63) is 51.5 Å². The molecule has 1 heterocycles. The van der Waals surface area contributed by atoms with Crippen LogP contribution in [0.4, 0.5) is 0 Å². The quantitative estimate of drug-likeness (QED) is 0.406. The second-order valence-electron chi connectivity index (χ2n) is 5.23. The zero-order chi connectivity index (χ0) is 15.8. The van der Waals surface area contributed by atoms with E-state index in [9.17, 15) is 0 Å². The van der Waals surface area contributed by atoms with E-state index in [1.165, 1.54) is 21.0 Å². The fourth-order valence-corrected chi connectivity index (χ4v) is 2.91. The van der Waals surface area contributed by atoms with E-state index in [1.54, 1.807) is 11.3 Å². The molecule has 0 saturated carbocycles. The lowest BCUT2D eigenvalue weighted by molar-refractivity contribution is 0.796. The van der Waals surface area contributed by atoms with Crippen LogP contribution in [-0.2, 0) is 13.0 Å². The van der Waals surface area contributed by atoms with E-state index in [0.717, 1.165) is 25.5 Å². The van der Waals surface area contributed by atoms with Gasteiger partial charge in [-0.15, -0.1) is 35.3 Å². The average Bonchev–Trinajstić information content (AvgIpc) is 2.90. The van der Waals surface area contributed by atoms with Gasteiger partial charge in [-0.2, -0.15) is 0 Å². The Hall–Kier alpha value is -1.15. The SMILES string of the molecule is CCNC(=NCc1cccc(C)c1)NCCc1ncc(C)s1.I. The normalized spacial score (nSPS) is 11.0. The summed E-state index contributed by atoms with van der Waals surface area (Å²) in [7, 11) is 0. The number of halogens is 1. The maximum atomic E-state index is 4.64. The van der Waals surface area contributed by atoms with Crippen LogP contribution < -0.4 is 10.6 Å². The fraction of sp³-hybridized carbons (Fsp3) is 0.412. The summed E-state index contributed by atoms with van der Waals surface area (Å²) >= 11 is 1.75. The molecule has 23 heavy (non-hydrogen) atoms. The molecule has 0 saturated heterocycles. The molecule has 2 N–H and O–H groups in total. The van der Waals surface area contributed by atoms with Crippen molar-refractivity contribution >= 4 is 41.3 Å². The fourth-order valence-electron chi connectivity index (χ4n) is 2.13. The van der Waals surface area contributed by atoms with Gasteiger partial charge in [0.1, 0.15) is 0 Å². The number of guanidine groups is 1. The maximum absolute atomic E-state index is 4.64. The van der Waals surface area contributed by atoms with Gasteiger partial charge < -0.3 is 10.6 Å². The van der Waals surface area contributed by atoms with Gasteiger partial charge in [-0.1, -0.05) is 29.8 Å². The van der Waals surface area contributed by atoms with Gasteiger partial charge in [-0.3, -0.25) is 0 Å². The molecule has 0 radical (unpaired) electrons. The molecule has 0 spiro atoms. The number of aryl methyl sites for hydroxylation is 2.